The molecule has 1 saturated carbocycles. The number of benzene rings is 1. The standard InChI is InChI=1S/C14H18FN3OS/c1-13(9-5-8(16)3-4-10(9)15)11-6-14(11,7-19-2)20-12(17)18-13/h3-5,11H,6-7,16H2,1-2H3,(H2,17,18)/t11-,13+,14+/m0/s1. The van der Waals surface area contributed by atoms with Crippen LogP contribution >= 0.6 is 11.8 Å². The Bertz CT molecular complexity index is 594. The summed E-state index contributed by atoms with van der Waals surface area (Å²) < 4.78 is 19.5. The van der Waals surface area contributed by atoms with Gasteiger partial charge in [-0.3, -0.25) is 4.99 Å². The van der Waals surface area contributed by atoms with E-state index < -0.39 is 5.54 Å². The monoisotopic (exact) mass is 295 g/mol. The molecule has 1 fully saturated rings. The maximum atomic E-state index is 14.2. The van der Waals surface area contributed by atoms with Crippen molar-refractivity contribution in [1.82, 2.24) is 0 Å². The van der Waals surface area contributed by atoms with Gasteiger partial charge in [-0.25, -0.2) is 4.39 Å². The average Bonchev–Trinajstić information content (AvgIpc) is 3.07. The second-order valence-electron chi connectivity index (χ2n) is 5.69. The first kappa shape index (κ1) is 13.7. The molecule has 20 heavy (non-hydrogen) atoms. The summed E-state index contributed by atoms with van der Waals surface area (Å²) in [7, 11) is 1.67. The van der Waals surface area contributed by atoms with Crippen LogP contribution in [-0.2, 0) is 10.3 Å². The van der Waals surface area contributed by atoms with Crippen molar-refractivity contribution in [2.45, 2.75) is 23.6 Å². The van der Waals surface area contributed by atoms with Crippen LogP contribution in [0.5, 0.6) is 0 Å². The Morgan fingerprint density at radius 2 is 2.25 bits per heavy atom. The fourth-order valence-corrected chi connectivity index (χ4v) is 4.71. The molecule has 0 amide bonds. The van der Waals surface area contributed by atoms with Crippen molar-refractivity contribution < 1.29 is 9.13 Å². The maximum absolute atomic E-state index is 14.2. The molecule has 4 nitrogen and oxygen atoms in total. The molecule has 1 heterocycles. The number of fused-ring (bicyclic) bond motifs is 1. The number of thioether (sulfide) groups is 1. The summed E-state index contributed by atoms with van der Waals surface area (Å²) in [5, 5.41) is 0.486. The number of anilines is 1. The van der Waals surface area contributed by atoms with E-state index >= 15 is 0 Å². The van der Waals surface area contributed by atoms with Gasteiger partial charge in [-0.15, -0.1) is 0 Å². The molecule has 2 aliphatic rings. The fourth-order valence-electron chi connectivity index (χ4n) is 3.26. The van der Waals surface area contributed by atoms with Crippen molar-refractivity contribution in [2.24, 2.45) is 16.6 Å². The van der Waals surface area contributed by atoms with Crippen LogP contribution in [0.2, 0.25) is 0 Å². The third-order valence-electron chi connectivity index (χ3n) is 4.28. The number of hydrogen-bond donors (Lipinski definition) is 2. The molecule has 1 aliphatic heterocycles. The zero-order chi connectivity index (χ0) is 14.5. The number of amidine groups is 1. The van der Waals surface area contributed by atoms with Crippen LogP contribution in [-0.4, -0.2) is 23.6 Å². The van der Waals surface area contributed by atoms with Gasteiger partial charge in [0.15, 0.2) is 5.17 Å². The number of rotatable bonds is 3. The van der Waals surface area contributed by atoms with Crippen LogP contribution in [0.25, 0.3) is 0 Å². The number of nitrogen functional groups attached to an aromatic ring is 1. The Hall–Kier alpha value is -1.27. The van der Waals surface area contributed by atoms with Gasteiger partial charge in [0.25, 0.3) is 0 Å². The van der Waals surface area contributed by atoms with Gasteiger partial charge in [-0.05, 0) is 31.5 Å². The molecule has 0 saturated heterocycles. The first-order valence-corrected chi connectivity index (χ1v) is 7.32. The van der Waals surface area contributed by atoms with E-state index in [0.717, 1.165) is 6.42 Å². The van der Waals surface area contributed by atoms with Crippen molar-refractivity contribution in [3.05, 3.63) is 29.6 Å². The van der Waals surface area contributed by atoms with E-state index in [1.165, 1.54) is 6.07 Å². The highest BCUT2D eigenvalue weighted by Gasteiger charge is 2.66. The summed E-state index contributed by atoms with van der Waals surface area (Å²) in [4.78, 5) is 4.54. The molecule has 1 aliphatic carbocycles. The molecule has 4 N–H and O–H groups in total. The normalized spacial score (nSPS) is 35.4. The smallest absolute Gasteiger partial charge is 0.155 e. The van der Waals surface area contributed by atoms with Gasteiger partial charge >= 0.3 is 0 Å². The molecule has 1 aromatic carbocycles. The Balaban J connectivity index is 2.07. The zero-order valence-corrected chi connectivity index (χ0v) is 12.3. The van der Waals surface area contributed by atoms with Gasteiger partial charge < -0.3 is 16.2 Å². The largest absolute Gasteiger partial charge is 0.399 e. The lowest BCUT2D eigenvalue weighted by Crippen LogP contribution is -2.37. The highest BCUT2D eigenvalue weighted by Crippen LogP contribution is 2.65. The molecule has 3 atom stereocenters. The molecule has 1 aromatic rings. The van der Waals surface area contributed by atoms with E-state index in [4.69, 9.17) is 16.2 Å². The van der Waals surface area contributed by atoms with Crippen LogP contribution < -0.4 is 11.5 Å². The van der Waals surface area contributed by atoms with Gasteiger partial charge in [0.05, 0.1) is 16.9 Å². The van der Waals surface area contributed by atoms with Crippen molar-refractivity contribution in [1.29, 1.82) is 0 Å². The van der Waals surface area contributed by atoms with Crippen molar-refractivity contribution in [3.63, 3.8) is 0 Å². The molecular formula is C14H18FN3OS. The third-order valence-corrected chi connectivity index (χ3v) is 5.55. The van der Waals surface area contributed by atoms with Crippen molar-refractivity contribution in [2.75, 3.05) is 19.5 Å². The van der Waals surface area contributed by atoms with Crippen LogP contribution in [0.3, 0.4) is 0 Å². The summed E-state index contributed by atoms with van der Waals surface area (Å²) in [6, 6.07) is 4.61. The van der Waals surface area contributed by atoms with E-state index in [1.54, 1.807) is 31.0 Å². The minimum atomic E-state index is -0.673. The van der Waals surface area contributed by atoms with Gasteiger partial charge in [0.1, 0.15) is 5.82 Å². The molecular weight excluding hydrogens is 277 g/mol. The summed E-state index contributed by atoms with van der Waals surface area (Å²) in [6.07, 6.45) is 0.917. The van der Waals surface area contributed by atoms with Crippen LogP contribution in [0.15, 0.2) is 23.2 Å². The van der Waals surface area contributed by atoms with Gasteiger partial charge in [0, 0.05) is 24.3 Å². The summed E-state index contributed by atoms with van der Waals surface area (Å²) in [6.45, 7) is 2.53. The summed E-state index contributed by atoms with van der Waals surface area (Å²) in [5.41, 5.74) is 12.2. The summed E-state index contributed by atoms with van der Waals surface area (Å²) in [5.74, 6) is -0.0769. The predicted octanol–water partition coefficient (Wildman–Crippen LogP) is 2.09. The highest BCUT2D eigenvalue weighted by atomic mass is 32.2. The average molecular weight is 295 g/mol. The Morgan fingerprint density at radius 1 is 1.50 bits per heavy atom. The van der Waals surface area contributed by atoms with E-state index in [-0.39, 0.29) is 16.5 Å². The minimum Gasteiger partial charge on any atom is -0.399 e. The second-order valence-corrected chi connectivity index (χ2v) is 7.13. The number of hydrogen-bond acceptors (Lipinski definition) is 5. The number of methoxy groups -OCH3 is 1. The van der Waals surface area contributed by atoms with Gasteiger partial charge in [0.2, 0.25) is 0 Å². The first-order chi connectivity index (χ1) is 9.41. The van der Waals surface area contributed by atoms with Gasteiger partial charge in [-0.1, -0.05) is 11.8 Å². The number of nitrogens with two attached hydrogens (primary N) is 2. The molecule has 0 aromatic heterocycles. The number of aliphatic imine (C=N–C) groups is 1. The number of nitrogens with zero attached hydrogens (tertiary/aromatic N) is 1. The lowest BCUT2D eigenvalue weighted by molar-refractivity contribution is 0.184. The van der Waals surface area contributed by atoms with Crippen molar-refractivity contribution >= 4 is 22.6 Å². The fraction of sp³-hybridized carbons (Fsp3) is 0.500. The minimum absolute atomic E-state index is 0.0770. The molecule has 0 bridgehead atoms. The molecule has 6 heteroatoms. The lowest BCUT2D eigenvalue weighted by Gasteiger charge is -2.34. The first-order valence-electron chi connectivity index (χ1n) is 6.50. The van der Waals surface area contributed by atoms with Crippen molar-refractivity contribution in [3.8, 4) is 0 Å². The summed E-state index contributed by atoms with van der Waals surface area (Å²) >= 11 is 1.54. The van der Waals surface area contributed by atoms with E-state index in [0.29, 0.717) is 23.0 Å². The Kier molecular flexibility index (Phi) is 2.99. The molecule has 0 radical (unpaired) electrons. The molecule has 3 rings (SSSR count). The Morgan fingerprint density at radius 3 is 2.95 bits per heavy atom. The Labute approximate surface area is 121 Å². The van der Waals surface area contributed by atoms with E-state index in [2.05, 4.69) is 4.99 Å². The number of ether oxygens (including phenoxy) is 1. The second kappa shape index (κ2) is 4.36. The lowest BCUT2D eigenvalue weighted by atomic mass is 9.85. The maximum Gasteiger partial charge on any atom is 0.155 e. The zero-order valence-electron chi connectivity index (χ0n) is 11.5. The third kappa shape index (κ3) is 1.90. The predicted molar refractivity (Wildman–Crippen MR) is 80.1 cm³/mol. The number of halogens is 1. The topological polar surface area (TPSA) is 73.6 Å². The van der Waals surface area contributed by atoms with Crippen LogP contribution in [0, 0.1) is 11.7 Å². The van der Waals surface area contributed by atoms with Crippen LogP contribution in [0.4, 0.5) is 10.1 Å². The van der Waals surface area contributed by atoms with Crippen LogP contribution in [0.1, 0.15) is 18.9 Å². The molecule has 0 spiro atoms. The van der Waals surface area contributed by atoms with E-state index in [9.17, 15) is 4.39 Å². The SMILES string of the molecule is COC[C@]12C[C@H]1[C@@](C)(c1cc(N)ccc1F)N=C(N)S2. The highest BCUT2D eigenvalue weighted by molar-refractivity contribution is 8.15. The van der Waals surface area contributed by atoms with Gasteiger partial charge in [-0.2, -0.15) is 0 Å². The van der Waals surface area contributed by atoms with E-state index in [1.807, 2.05) is 6.92 Å². The quantitative estimate of drug-likeness (QED) is 0.837. The molecule has 0 unspecified atom stereocenters. The molecule has 108 valence electrons.